The lowest BCUT2D eigenvalue weighted by Crippen LogP contribution is -2.47. The molecule has 2 heterocycles. The van der Waals surface area contributed by atoms with Crippen LogP contribution < -0.4 is 0 Å². The third kappa shape index (κ3) is 3.29. The molecule has 1 saturated heterocycles. The fraction of sp³-hybridized carbons (Fsp3) is 0.688. The van der Waals surface area contributed by atoms with Gasteiger partial charge in [-0.1, -0.05) is 39.0 Å². The Balaban J connectivity index is 1.99. The van der Waals surface area contributed by atoms with Gasteiger partial charge in [-0.2, -0.15) is 5.06 Å². The molecule has 1 fully saturated rings. The molecular formula is C16H28N2O3Si. The molecule has 0 spiro atoms. The number of carbonyl (C=O) groups excluding carboxylic acids is 1. The number of hydrogen-bond acceptors (Lipinski definition) is 3. The fourth-order valence-electron chi connectivity index (χ4n) is 2.34. The van der Waals surface area contributed by atoms with Crippen molar-refractivity contribution in [1.29, 1.82) is 0 Å². The summed E-state index contributed by atoms with van der Waals surface area (Å²) in [6.07, 6.45) is 5.76. The largest absolute Gasteiger partial charge is 0.414 e. The first kappa shape index (κ1) is 17.2. The number of carbonyl (C=O) groups is 1. The normalized spacial score (nSPS) is 25.0. The lowest BCUT2D eigenvalue weighted by molar-refractivity contribution is -0.107. The van der Waals surface area contributed by atoms with Crippen molar-refractivity contribution in [2.75, 3.05) is 19.8 Å². The van der Waals surface area contributed by atoms with E-state index in [1.807, 2.05) is 11.0 Å². The molecule has 0 aromatic carbocycles. The van der Waals surface area contributed by atoms with Gasteiger partial charge in [-0.15, -0.1) is 6.58 Å². The number of urea groups is 1. The quantitative estimate of drug-likeness (QED) is 0.557. The maximum atomic E-state index is 12.4. The van der Waals surface area contributed by atoms with Crippen molar-refractivity contribution in [3.05, 3.63) is 24.8 Å². The van der Waals surface area contributed by atoms with E-state index < -0.39 is 8.32 Å². The Bertz CT molecular complexity index is 471. The molecule has 0 aromatic rings. The predicted octanol–water partition coefficient (Wildman–Crippen LogP) is 3.17. The molecule has 22 heavy (non-hydrogen) atoms. The molecule has 0 N–H and O–H groups in total. The third-order valence-corrected chi connectivity index (χ3v) is 9.33. The van der Waals surface area contributed by atoms with Gasteiger partial charge in [0.1, 0.15) is 0 Å². The van der Waals surface area contributed by atoms with Gasteiger partial charge in [0.15, 0.2) is 8.32 Å². The van der Waals surface area contributed by atoms with Crippen molar-refractivity contribution in [1.82, 2.24) is 9.96 Å². The standard InChI is InChI=1S/C16H28N2O3Si/c1-7-10-20-18-13-8-9-14(17(11-13)15(18)19)12-21-22(5,6)16(2,3)4/h7-9,13-14H,1,10-12H2,2-6H3/t13?,14-/m0/s1. The van der Waals surface area contributed by atoms with E-state index in [1.54, 1.807) is 6.08 Å². The Morgan fingerprint density at radius 3 is 2.68 bits per heavy atom. The van der Waals surface area contributed by atoms with Gasteiger partial charge in [0.2, 0.25) is 0 Å². The maximum absolute atomic E-state index is 12.4. The van der Waals surface area contributed by atoms with Gasteiger partial charge >= 0.3 is 6.03 Å². The Morgan fingerprint density at radius 2 is 2.09 bits per heavy atom. The highest BCUT2D eigenvalue weighted by atomic mass is 28.4. The summed E-state index contributed by atoms with van der Waals surface area (Å²) in [4.78, 5) is 19.7. The Hall–Kier alpha value is -1.11. The Morgan fingerprint density at radius 1 is 1.41 bits per heavy atom. The summed E-state index contributed by atoms with van der Waals surface area (Å²) >= 11 is 0. The minimum Gasteiger partial charge on any atom is -0.414 e. The number of nitrogens with zero attached hydrogens (tertiary/aromatic N) is 2. The molecule has 0 aliphatic carbocycles. The zero-order valence-electron chi connectivity index (χ0n) is 14.3. The number of amides is 2. The lowest BCUT2D eigenvalue weighted by atomic mass is 10.1. The minimum atomic E-state index is -1.81. The Kier molecular flexibility index (Phi) is 4.84. The van der Waals surface area contributed by atoms with Crippen LogP contribution >= 0.6 is 0 Å². The number of hydrogen-bond donors (Lipinski definition) is 0. The molecule has 2 atom stereocenters. The average molecular weight is 324 g/mol. The van der Waals surface area contributed by atoms with E-state index in [0.29, 0.717) is 19.8 Å². The van der Waals surface area contributed by atoms with Crippen LogP contribution in [0.4, 0.5) is 4.79 Å². The van der Waals surface area contributed by atoms with Crippen molar-refractivity contribution < 1.29 is 14.1 Å². The van der Waals surface area contributed by atoms with E-state index in [0.717, 1.165) is 0 Å². The summed E-state index contributed by atoms with van der Waals surface area (Å²) in [6, 6.07) is -0.0903. The number of rotatable bonds is 6. The van der Waals surface area contributed by atoms with E-state index in [1.165, 1.54) is 5.06 Å². The molecule has 5 nitrogen and oxygen atoms in total. The molecule has 2 aliphatic rings. The van der Waals surface area contributed by atoms with Crippen LogP contribution in [0.25, 0.3) is 0 Å². The Labute approximate surface area is 134 Å². The molecule has 0 saturated carbocycles. The van der Waals surface area contributed by atoms with Gasteiger partial charge in [0.25, 0.3) is 0 Å². The first-order chi connectivity index (χ1) is 10.2. The molecule has 2 amide bonds. The van der Waals surface area contributed by atoms with Gasteiger partial charge in [-0.3, -0.25) is 4.84 Å². The van der Waals surface area contributed by atoms with Crippen LogP contribution in [0.2, 0.25) is 18.1 Å². The molecule has 124 valence electrons. The van der Waals surface area contributed by atoms with Crippen molar-refractivity contribution >= 4 is 14.3 Å². The number of fused-ring (bicyclic) bond motifs is 2. The lowest BCUT2D eigenvalue weighted by Gasteiger charge is -2.38. The summed E-state index contributed by atoms with van der Waals surface area (Å²) in [6.45, 7) is 16.3. The molecule has 2 rings (SSSR count). The zero-order chi connectivity index (χ0) is 16.5. The van der Waals surface area contributed by atoms with Crippen LogP contribution in [0.3, 0.4) is 0 Å². The van der Waals surface area contributed by atoms with Crippen molar-refractivity contribution in [2.24, 2.45) is 0 Å². The number of hydroxylamine groups is 2. The van der Waals surface area contributed by atoms with E-state index in [2.05, 4.69) is 46.5 Å². The second-order valence-corrected chi connectivity index (χ2v) is 12.2. The maximum Gasteiger partial charge on any atom is 0.345 e. The summed E-state index contributed by atoms with van der Waals surface area (Å²) < 4.78 is 6.27. The van der Waals surface area contributed by atoms with E-state index in [4.69, 9.17) is 9.26 Å². The zero-order valence-corrected chi connectivity index (χ0v) is 15.3. The van der Waals surface area contributed by atoms with Crippen molar-refractivity contribution in [3.63, 3.8) is 0 Å². The van der Waals surface area contributed by atoms with Crippen LogP contribution in [0.5, 0.6) is 0 Å². The fourth-order valence-corrected chi connectivity index (χ4v) is 3.36. The third-order valence-electron chi connectivity index (χ3n) is 4.83. The first-order valence-electron chi connectivity index (χ1n) is 7.83. The molecule has 2 bridgehead atoms. The molecule has 6 heteroatoms. The van der Waals surface area contributed by atoms with Gasteiger partial charge in [-0.25, -0.2) is 4.79 Å². The van der Waals surface area contributed by atoms with Crippen molar-refractivity contribution in [2.45, 2.75) is 51.0 Å². The predicted molar refractivity (Wildman–Crippen MR) is 90.0 cm³/mol. The van der Waals surface area contributed by atoms with Gasteiger partial charge < -0.3 is 9.33 Å². The van der Waals surface area contributed by atoms with E-state index in [-0.39, 0.29) is 23.2 Å². The highest BCUT2D eigenvalue weighted by molar-refractivity contribution is 6.74. The summed E-state index contributed by atoms with van der Waals surface area (Å²) in [7, 11) is -1.81. The van der Waals surface area contributed by atoms with E-state index in [9.17, 15) is 4.79 Å². The average Bonchev–Trinajstić information content (AvgIpc) is 2.67. The van der Waals surface area contributed by atoms with Crippen LogP contribution in [-0.4, -0.2) is 56.2 Å². The second kappa shape index (κ2) is 6.18. The monoisotopic (exact) mass is 324 g/mol. The summed E-state index contributed by atoms with van der Waals surface area (Å²) in [5.74, 6) is 0. The van der Waals surface area contributed by atoms with Crippen LogP contribution in [0.1, 0.15) is 20.8 Å². The van der Waals surface area contributed by atoms with Gasteiger partial charge in [0.05, 0.1) is 25.3 Å². The smallest absolute Gasteiger partial charge is 0.345 e. The van der Waals surface area contributed by atoms with Crippen LogP contribution in [-0.2, 0) is 9.26 Å². The molecule has 2 aliphatic heterocycles. The topological polar surface area (TPSA) is 42.0 Å². The SMILES string of the molecule is C=CCON1C(=O)N2CC1C=C[C@H]2CO[Si](C)(C)C(C)(C)C. The summed E-state index contributed by atoms with van der Waals surface area (Å²) in [5.41, 5.74) is 0. The minimum absolute atomic E-state index is 0.00317. The van der Waals surface area contributed by atoms with Gasteiger partial charge in [-0.05, 0) is 18.1 Å². The molecule has 0 aromatic heterocycles. The molecular weight excluding hydrogens is 296 g/mol. The first-order valence-corrected chi connectivity index (χ1v) is 10.7. The highest BCUT2D eigenvalue weighted by Gasteiger charge is 2.44. The van der Waals surface area contributed by atoms with E-state index >= 15 is 0 Å². The highest BCUT2D eigenvalue weighted by Crippen LogP contribution is 2.37. The van der Waals surface area contributed by atoms with Gasteiger partial charge in [0, 0.05) is 6.54 Å². The molecule has 0 radical (unpaired) electrons. The van der Waals surface area contributed by atoms with Crippen LogP contribution in [0.15, 0.2) is 24.8 Å². The second-order valence-electron chi connectivity index (χ2n) is 7.44. The summed E-state index contributed by atoms with van der Waals surface area (Å²) in [5, 5.41) is 1.62. The van der Waals surface area contributed by atoms with Crippen molar-refractivity contribution in [3.8, 4) is 0 Å². The molecule has 1 unspecified atom stereocenters. The van der Waals surface area contributed by atoms with Crippen LogP contribution in [0, 0.1) is 0 Å².